The number of hydrogen-bond donors (Lipinski definition) is 1. The van der Waals surface area contributed by atoms with E-state index < -0.39 is 0 Å². The smallest absolute Gasteiger partial charge is 0.126 e. The van der Waals surface area contributed by atoms with Gasteiger partial charge in [-0.2, -0.15) is 0 Å². The third kappa shape index (κ3) is 2.62. The summed E-state index contributed by atoms with van der Waals surface area (Å²) in [5.41, 5.74) is 1.76. The molecule has 1 nitrogen and oxygen atoms in total. The summed E-state index contributed by atoms with van der Waals surface area (Å²) in [6, 6.07) is 5.44. The van der Waals surface area contributed by atoms with Gasteiger partial charge < -0.3 is 5.11 Å². The maximum atomic E-state index is 13.9. The lowest BCUT2D eigenvalue weighted by atomic mass is 9.83. The second-order valence-electron chi connectivity index (χ2n) is 4.66. The number of rotatable bonds is 3. The van der Waals surface area contributed by atoms with Crippen molar-refractivity contribution in [2.24, 2.45) is 0 Å². The minimum atomic E-state index is -0.0853. The lowest BCUT2D eigenvalue weighted by Crippen LogP contribution is -2.07. The molecule has 0 saturated heterocycles. The van der Waals surface area contributed by atoms with Crippen molar-refractivity contribution >= 4 is 0 Å². The summed E-state index contributed by atoms with van der Waals surface area (Å²) in [6.07, 6.45) is 6.53. The molecule has 2 rings (SSSR count). The molecule has 88 valence electrons. The largest absolute Gasteiger partial charge is 0.396 e. The van der Waals surface area contributed by atoms with Crippen LogP contribution in [0.15, 0.2) is 18.2 Å². The first-order valence-electron chi connectivity index (χ1n) is 6.20. The molecule has 16 heavy (non-hydrogen) atoms. The first-order valence-corrected chi connectivity index (χ1v) is 6.20. The van der Waals surface area contributed by atoms with E-state index >= 15 is 0 Å². The van der Waals surface area contributed by atoms with Crippen molar-refractivity contribution in [3.63, 3.8) is 0 Å². The van der Waals surface area contributed by atoms with Crippen molar-refractivity contribution in [3.8, 4) is 0 Å². The fraction of sp³-hybridized carbons (Fsp3) is 0.571. The van der Waals surface area contributed by atoms with Crippen LogP contribution in [-0.4, -0.2) is 11.7 Å². The van der Waals surface area contributed by atoms with Crippen molar-refractivity contribution in [1.29, 1.82) is 0 Å². The third-order valence-electron chi connectivity index (χ3n) is 3.51. The Labute approximate surface area is 96.3 Å². The Morgan fingerprint density at radius 3 is 2.56 bits per heavy atom. The predicted molar refractivity (Wildman–Crippen MR) is 63.0 cm³/mol. The van der Waals surface area contributed by atoms with Gasteiger partial charge in [-0.05, 0) is 42.4 Å². The Hall–Kier alpha value is -0.890. The maximum Gasteiger partial charge on any atom is 0.126 e. The van der Waals surface area contributed by atoms with Crippen molar-refractivity contribution in [2.45, 2.75) is 44.4 Å². The Balaban J connectivity index is 2.14. The first kappa shape index (κ1) is 11.6. The van der Waals surface area contributed by atoms with E-state index in [0.29, 0.717) is 12.3 Å². The zero-order chi connectivity index (χ0) is 11.4. The van der Waals surface area contributed by atoms with Gasteiger partial charge >= 0.3 is 0 Å². The van der Waals surface area contributed by atoms with E-state index in [1.807, 2.05) is 12.1 Å². The molecule has 0 radical (unpaired) electrons. The van der Waals surface area contributed by atoms with Crippen LogP contribution in [0.5, 0.6) is 0 Å². The lowest BCUT2D eigenvalue weighted by molar-refractivity contribution is 0.299. The number of aliphatic hydroxyl groups excluding tert-OH is 1. The average molecular weight is 222 g/mol. The van der Waals surface area contributed by atoms with Gasteiger partial charge in [0, 0.05) is 6.61 Å². The summed E-state index contributed by atoms with van der Waals surface area (Å²) in [4.78, 5) is 0. The number of halogens is 1. The third-order valence-corrected chi connectivity index (χ3v) is 3.51. The van der Waals surface area contributed by atoms with Gasteiger partial charge in [-0.3, -0.25) is 0 Å². The standard InChI is InChI=1S/C14H19FO/c15-14-10-11(8-9-16)6-7-13(14)12-4-2-1-3-5-12/h6-7,10,12,16H,1-5,8-9H2. The predicted octanol–water partition coefficient (Wildman–Crippen LogP) is 3.41. The Kier molecular flexibility index (Phi) is 3.94. The highest BCUT2D eigenvalue weighted by Crippen LogP contribution is 2.34. The van der Waals surface area contributed by atoms with E-state index in [2.05, 4.69) is 0 Å². The average Bonchev–Trinajstić information content (AvgIpc) is 2.31. The molecule has 0 heterocycles. The van der Waals surface area contributed by atoms with Gasteiger partial charge in [0.05, 0.1) is 0 Å². The zero-order valence-corrected chi connectivity index (χ0v) is 9.58. The topological polar surface area (TPSA) is 20.2 Å². The molecule has 0 aliphatic heterocycles. The number of aliphatic hydroxyl groups is 1. The van der Waals surface area contributed by atoms with Crippen LogP contribution < -0.4 is 0 Å². The molecule has 0 spiro atoms. The Morgan fingerprint density at radius 1 is 1.19 bits per heavy atom. The second-order valence-corrected chi connectivity index (χ2v) is 4.66. The second kappa shape index (κ2) is 5.44. The van der Waals surface area contributed by atoms with Gasteiger partial charge in [0.25, 0.3) is 0 Å². The summed E-state index contributed by atoms with van der Waals surface area (Å²) >= 11 is 0. The highest BCUT2D eigenvalue weighted by molar-refractivity contribution is 5.27. The van der Waals surface area contributed by atoms with Crippen LogP contribution in [0.4, 0.5) is 4.39 Å². The summed E-state index contributed by atoms with van der Waals surface area (Å²) < 4.78 is 13.9. The lowest BCUT2D eigenvalue weighted by Gasteiger charge is -2.22. The normalized spacial score (nSPS) is 17.6. The van der Waals surface area contributed by atoms with Crippen LogP contribution in [0.2, 0.25) is 0 Å². The van der Waals surface area contributed by atoms with Gasteiger partial charge in [0.15, 0.2) is 0 Å². The van der Waals surface area contributed by atoms with Crippen molar-refractivity contribution in [2.75, 3.05) is 6.61 Å². The van der Waals surface area contributed by atoms with E-state index in [1.165, 1.54) is 19.3 Å². The highest BCUT2D eigenvalue weighted by Gasteiger charge is 2.18. The molecule has 1 aliphatic carbocycles. The van der Waals surface area contributed by atoms with Gasteiger partial charge in [-0.15, -0.1) is 0 Å². The van der Waals surface area contributed by atoms with Crippen LogP contribution in [0.3, 0.4) is 0 Å². The number of benzene rings is 1. The van der Waals surface area contributed by atoms with Crippen LogP contribution in [0.1, 0.15) is 49.1 Å². The van der Waals surface area contributed by atoms with Crippen LogP contribution >= 0.6 is 0 Å². The molecule has 1 aromatic carbocycles. The van der Waals surface area contributed by atoms with Crippen molar-refractivity contribution in [1.82, 2.24) is 0 Å². The molecule has 0 atom stereocenters. The Morgan fingerprint density at radius 2 is 1.94 bits per heavy atom. The monoisotopic (exact) mass is 222 g/mol. The van der Waals surface area contributed by atoms with Gasteiger partial charge in [-0.1, -0.05) is 31.4 Å². The molecule has 1 aliphatic rings. The molecule has 1 fully saturated rings. The molecular weight excluding hydrogens is 203 g/mol. The molecular formula is C14H19FO. The molecule has 0 bridgehead atoms. The molecule has 0 aromatic heterocycles. The molecule has 0 amide bonds. The quantitative estimate of drug-likeness (QED) is 0.831. The van der Waals surface area contributed by atoms with E-state index in [1.54, 1.807) is 6.07 Å². The molecule has 1 saturated carbocycles. The molecule has 2 heteroatoms. The van der Waals surface area contributed by atoms with Gasteiger partial charge in [0.1, 0.15) is 5.82 Å². The molecule has 1 N–H and O–H groups in total. The minimum Gasteiger partial charge on any atom is -0.396 e. The molecule has 0 unspecified atom stereocenters. The van der Waals surface area contributed by atoms with Crippen molar-refractivity contribution in [3.05, 3.63) is 35.1 Å². The molecule has 1 aromatic rings. The van der Waals surface area contributed by atoms with E-state index in [9.17, 15) is 4.39 Å². The van der Waals surface area contributed by atoms with E-state index in [4.69, 9.17) is 5.11 Å². The summed E-state index contributed by atoms with van der Waals surface area (Å²) in [6.45, 7) is 0.0855. The van der Waals surface area contributed by atoms with Gasteiger partial charge in [0.2, 0.25) is 0 Å². The summed E-state index contributed by atoms with van der Waals surface area (Å²) in [5, 5.41) is 8.81. The van der Waals surface area contributed by atoms with E-state index in [0.717, 1.165) is 24.0 Å². The van der Waals surface area contributed by atoms with Crippen LogP contribution in [0.25, 0.3) is 0 Å². The Bertz CT molecular complexity index is 343. The highest BCUT2D eigenvalue weighted by atomic mass is 19.1. The van der Waals surface area contributed by atoms with Crippen LogP contribution in [-0.2, 0) is 6.42 Å². The maximum absolute atomic E-state index is 13.9. The number of hydrogen-bond acceptors (Lipinski definition) is 1. The van der Waals surface area contributed by atoms with Crippen molar-refractivity contribution < 1.29 is 9.50 Å². The zero-order valence-electron chi connectivity index (χ0n) is 9.58. The fourth-order valence-electron chi connectivity index (χ4n) is 2.60. The minimum absolute atomic E-state index is 0.0853. The SMILES string of the molecule is OCCc1ccc(C2CCCCC2)c(F)c1. The van der Waals surface area contributed by atoms with Gasteiger partial charge in [-0.25, -0.2) is 4.39 Å². The van der Waals surface area contributed by atoms with E-state index in [-0.39, 0.29) is 12.4 Å². The first-order chi connectivity index (χ1) is 7.81. The fourth-order valence-corrected chi connectivity index (χ4v) is 2.60. The summed E-state index contributed by atoms with van der Waals surface area (Å²) in [7, 11) is 0. The summed E-state index contributed by atoms with van der Waals surface area (Å²) in [5.74, 6) is 0.328. The van der Waals surface area contributed by atoms with Crippen LogP contribution in [0, 0.1) is 5.82 Å².